The third-order valence-electron chi connectivity index (χ3n) is 5.53. The number of piperazine rings is 1. The van der Waals surface area contributed by atoms with Crippen LogP contribution in [0.5, 0.6) is 5.75 Å². The third-order valence-corrected chi connectivity index (χ3v) is 5.53. The van der Waals surface area contributed by atoms with E-state index in [2.05, 4.69) is 9.88 Å². The van der Waals surface area contributed by atoms with Gasteiger partial charge in [0.1, 0.15) is 23.3 Å². The van der Waals surface area contributed by atoms with Gasteiger partial charge in [-0.25, -0.2) is 4.98 Å². The molecule has 1 aromatic heterocycles. The zero-order valence-corrected chi connectivity index (χ0v) is 16.4. The minimum Gasteiger partial charge on any atom is -0.497 e. The molecular weight excluding hydrogens is 356 g/mol. The van der Waals surface area contributed by atoms with Gasteiger partial charge in [0, 0.05) is 38.4 Å². The Morgan fingerprint density at radius 3 is 2.79 bits per heavy atom. The summed E-state index contributed by atoms with van der Waals surface area (Å²) in [4.78, 5) is 36.0. The summed E-state index contributed by atoms with van der Waals surface area (Å²) in [6.07, 6.45) is 0.946. The van der Waals surface area contributed by atoms with Crippen LogP contribution in [-0.2, 0) is 11.2 Å². The van der Waals surface area contributed by atoms with E-state index < -0.39 is 6.04 Å². The van der Waals surface area contributed by atoms with E-state index in [0.29, 0.717) is 24.5 Å². The lowest BCUT2D eigenvalue weighted by Crippen LogP contribution is -2.57. The monoisotopic (exact) mass is 380 g/mol. The SMILES string of the molecule is COc1cccc(N2CCN(C(=O)c3ccc4c(n3)N(C)CC4)C(C)C2=O)c1. The highest BCUT2D eigenvalue weighted by Gasteiger charge is 2.36. The van der Waals surface area contributed by atoms with Gasteiger partial charge in [0.25, 0.3) is 5.91 Å². The molecule has 2 amide bonds. The summed E-state index contributed by atoms with van der Waals surface area (Å²) in [6, 6.07) is 10.6. The number of anilines is 2. The molecule has 3 heterocycles. The topological polar surface area (TPSA) is 66.0 Å². The number of carbonyl (C=O) groups is 2. The predicted molar refractivity (Wildman–Crippen MR) is 107 cm³/mol. The highest BCUT2D eigenvalue weighted by atomic mass is 16.5. The Morgan fingerprint density at radius 1 is 1.18 bits per heavy atom. The van der Waals surface area contributed by atoms with Crippen molar-refractivity contribution in [2.24, 2.45) is 0 Å². The third kappa shape index (κ3) is 3.06. The maximum absolute atomic E-state index is 13.1. The minimum absolute atomic E-state index is 0.105. The van der Waals surface area contributed by atoms with Crippen molar-refractivity contribution in [2.45, 2.75) is 19.4 Å². The van der Waals surface area contributed by atoms with Crippen LogP contribution in [0.4, 0.5) is 11.5 Å². The lowest BCUT2D eigenvalue weighted by atomic mass is 10.1. The number of ether oxygens (including phenoxy) is 1. The molecule has 1 fully saturated rings. The summed E-state index contributed by atoms with van der Waals surface area (Å²) in [5.41, 5.74) is 2.33. The molecule has 1 unspecified atom stereocenters. The second-order valence-electron chi connectivity index (χ2n) is 7.22. The summed E-state index contributed by atoms with van der Waals surface area (Å²) in [5, 5.41) is 0. The van der Waals surface area contributed by atoms with Gasteiger partial charge in [-0.1, -0.05) is 12.1 Å². The normalized spacial score (nSPS) is 19.0. The van der Waals surface area contributed by atoms with Crippen LogP contribution in [0.2, 0.25) is 0 Å². The Balaban J connectivity index is 1.54. The van der Waals surface area contributed by atoms with E-state index >= 15 is 0 Å². The zero-order valence-electron chi connectivity index (χ0n) is 16.4. The highest BCUT2D eigenvalue weighted by molar-refractivity contribution is 6.03. The first kappa shape index (κ1) is 18.3. The van der Waals surface area contributed by atoms with Crippen molar-refractivity contribution in [3.63, 3.8) is 0 Å². The molecule has 7 heteroatoms. The molecule has 0 bridgehead atoms. The smallest absolute Gasteiger partial charge is 0.273 e. The van der Waals surface area contributed by atoms with Crippen molar-refractivity contribution in [2.75, 3.05) is 43.6 Å². The lowest BCUT2D eigenvalue weighted by Gasteiger charge is -2.39. The summed E-state index contributed by atoms with van der Waals surface area (Å²) >= 11 is 0. The molecule has 0 radical (unpaired) electrons. The number of carbonyl (C=O) groups excluding carboxylic acids is 2. The molecule has 146 valence electrons. The van der Waals surface area contributed by atoms with Gasteiger partial charge < -0.3 is 19.4 Å². The number of methoxy groups -OCH3 is 1. The van der Waals surface area contributed by atoms with E-state index in [1.54, 1.807) is 29.9 Å². The molecule has 7 nitrogen and oxygen atoms in total. The van der Waals surface area contributed by atoms with Crippen LogP contribution in [-0.4, -0.2) is 61.5 Å². The number of pyridine rings is 1. The Kier molecular flexibility index (Phi) is 4.66. The molecule has 2 aliphatic heterocycles. The van der Waals surface area contributed by atoms with Crippen LogP contribution in [0.25, 0.3) is 0 Å². The van der Waals surface area contributed by atoms with Crippen LogP contribution in [0, 0.1) is 0 Å². The number of amides is 2. The number of aromatic nitrogens is 1. The van der Waals surface area contributed by atoms with Gasteiger partial charge in [0.05, 0.1) is 7.11 Å². The average molecular weight is 380 g/mol. The predicted octanol–water partition coefficient (Wildman–Crippen LogP) is 1.96. The number of nitrogens with zero attached hydrogens (tertiary/aromatic N) is 4. The van der Waals surface area contributed by atoms with E-state index in [9.17, 15) is 9.59 Å². The number of benzene rings is 1. The van der Waals surface area contributed by atoms with E-state index in [1.807, 2.05) is 37.4 Å². The number of hydrogen-bond donors (Lipinski definition) is 0. The lowest BCUT2D eigenvalue weighted by molar-refractivity contribution is -0.124. The van der Waals surface area contributed by atoms with Crippen molar-refractivity contribution >= 4 is 23.3 Å². The Labute approximate surface area is 164 Å². The van der Waals surface area contributed by atoms with Gasteiger partial charge in [-0.3, -0.25) is 9.59 Å². The summed E-state index contributed by atoms with van der Waals surface area (Å²) in [7, 11) is 3.58. The Bertz CT molecular complexity index is 930. The Hall–Kier alpha value is -3.09. The fourth-order valence-electron chi connectivity index (χ4n) is 3.85. The summed E-state index contributed by atoms with van der Waals surface area (Å²) in [6.45, 7) is 3.57. The van der Waals surface area contributed by atoms with Crippen LogP contribution >= 0.6 is 0 Å². The molecule has 1 atom stereocenters. The van der Waals surface area contributed by atoms with Gasteiger partial charge >= 0.3 is 0 Å². The molecule has 0 N–H and O–H groups in total. The Morgan fingerprint density at radius 2 is 2.00 bits per heavy atom. The van der Waals surface area contributed by atoms with Gasteiger partial charge in [-0.2, -0.15) is 0 Å². The number of fused-ring (bicyclic) bond motifs is 1. The molecule has 1 saturated heterocycles. The maximum atomic E-state index is 13.1. The van der Waals surface area contributed by atoms with E-state index in [4.69, 9.17) is 4.74 Å². The second kappa shape index (κ2) is 7.14. The van der Waals surface area contributed by atoms with Crippen LogP contribution in [0.1, 0.15) is 23.0 Å². The highest BCUT2D eigenvalue weighted by Crippen LogP contribution is 2.27. The van der Waals surface area contributed by atoms with Crippen molar-refractivity contribution < 1.29 is 14.3 Å². The standard InChI is InChI=1S/C21H24N4O3/c1-14-20(26)25(16-5-4-6-17(13-16)28-3)12-11-24(14)21(27)18-8-7-15-9-10-23(2)19(15)22-18/h4-8,13-14H,9-12H2,1-3H3. The quantitative estimate of drug-likeness (QED) is 0.814. The molecule has 0 saturated carbocycles. The molecule has 2 aliphatic rings. The van der Waals surface area contributed by atoms with Crippen molar-refractivity contribution in [1.82, 2.24) is 9.88 Å². The first-order chi connectivity index (χ1) is 13.5. The molecule has 0 spiro atoms. The van der Waals surface area contributed by atoms with Crippen molar-refractivity contribution in [3.8, 4) is 5.75 Å². The second-order valence-corrected chi connectivity index (χ2v) is 7.22. The maximum Gasteiger partial charge on any atom is 0.273 e. The molecule has 28 heavy (non-hydrogen) atoms. The first-order valence-corrected chi connectivity index (χ1v) is 9.47. The van der Waals surface area contributed by atoms with Crippen LogP contribution < -0.4 is 14.5 Å². The van der Waals surface area contributed by atoms with Crippen molar-refractivity contribution in [3.05, 3.63) is 47.7 Å². The molecule has 2 aromatic rings. The van der Waals surface area contributed by atoms with Crippen LogP contribution in [0.15, 0.2) is 36.4 Å². The molecule has 0 aliphatic carbocycles. The van der Waals surface area contributed by atoms with E-state index in [1.165, 1.54) is 0 Å². The van der Waals surface area contributed by atoms with Crippen molar-refractivity contribution in [1.29, 1.82) is 0 Å². The molecular formula is C21H24N4O3. The fourth-order valence-corrected chi connectivity index (χ4v) is 3.85. The summed E-state index contributed by atoms with van der Waals surface area (Å²) in [5.74, 6) is 1.25. The van der Waals surface area contributed by atoms with Gasteiger partial charge in [0.15, 0.2) is 0 Å². The van der Waals surface area contributed by atoms with Gasteiger partial charge in [-0.05, 0) is 37.1 Å². The largest absolute Gasteiger partial charge is 0.497 e. The van der Waals surface area contributed by atoms with Crippen LogP contribution in [0.3, 0.4) is 0 Å². The fraction of sp³-hybridized carbons (Fsp3) is 0.381. The first-order valence-electron chi connectivity index (χ1n) is 9.47. The van der Waals surface area contributed by atoms with Gasteiger partial charge in [0.2, 0.25) is 5.91 Å². The van der Waals surface area contributed by atoms with Gasteiger partial charge in [-0.15, -0.1) is 0 Å². The zero-order chi connectivity index (χ0) is 19.8. The van der Waals surface area contributed by atoms with E-state index in [0.717, 1.165) is 30.0 Å². The van der Waals surface area contributed by atoms with E-state index in [-0.39, 0.29) is 11.8 Å². The number of hydrogen-bond acceptors (Lipinski definition) is 5. The average Bonchev–Trinajstić information content (AvgIpc) is 3.10. The number of rotatable bonds is 3. The summed E-state index contributed by atoms with van der Waals surface area (Å²) < 4.78 is 5.26. The molecule has 4 rings (SSSR count). The molecule has 1 aromatic carbocycles. The number of likely N-dealkylation sites (N-methyl/N-ethyl adjacent to an activating group) is 1. The minimum atomic E-state index is -0.555.